The van der Waals surface area contributed by atoms with Crippen molar-refractivity contribution in [1.82, 2.24) is 19.9 Å². The van der Waals surface area contributed by atoms with E-state index in [1.165, 1.54) is 6.20 Å². The molecule has 0 atom stereocenters. The van der Waals surface area contributed by atoms with Gasteiger partial charge in [-0.2, -0.15) is 0 Å². The molecule has 5 rings (SSSR count). The van der Waals surface area contributed by atoms with Crippen LogP contribution in [0.25, 0.3) is 22.2 Å². The maximum absolute atomic E-state index is 11.8. The number of carbonyl (C=O) groups excluding carboxylic acids is 1. The van der Waals surface area contributed by atoms with E-state index in [9.17, 15) is 4.79 Å². The van der Waals surface area contributed by atoms with Gasteiger partial charge in [0, 0.05) is 57.1 Å². The molecular weight excluding hydrogens is 454 g/mol. The molecule has 0 spiro atoms. The van der Waals surface area contributed by atoms with Crippen molar-refractivity contribution in [3.8, 4) is 22.6 Å². The van der Waals surface area contributed by atoms with Crippen LogP contribution in [0.3, 0.4) is 0 Å². The third-order valence-electron chi connectivity index (χ3n) is 5.33. The highest BCUT2D eigenvalue weighted by Crippen LogP contribution is 2.33. The van der Waals surface area contributed by atoms with Crippen LogP contribution in [0.1, 0.15) is 13.3 Å². The number of ether oxygens (including phenoxy) is 1. The maximum Gasteiger partial charge on any atom is 0.269 e. The minimum atomic E-state index is -0.278. The van der Waals surface area contributed by atoms with Crippen LogP contribution in [-0.4, -0.2) is 27.5 Å². The number of benzene rings is 2. The van der Waals surface area contributed by atoms with E-state index < -0.39 is 0 Å². The Morgan fingerprint density at radius 1 is 1.12 bits per heavy atom. The van der Waals surface area contributed by atoms with Crippen LogP contribution in [0.2, 0.25) is 5.02 Å². The molecule has 9 heteroatoms. The number of anilines is 2. The standard InChI is InChI=1S/C25H20ClN5O3.2H2/c1-27-24(32)22-13-18(7-9-28-22)34-17-4-6-23-21(12-17)30-25(31(23)2)29-16-3-5-20(26)19(11-16)15-8-10-33-14-15;;/h3-14H,1-2H3,(H,27,32)(H,29,30);2*1H. The molecule has 2 N–H and O–H groups in total. The molecule has 34 heavy (non-hydrogen) atoms. The highest BCUT2D eigenvalue weighted by molar-refractivity contribution is 6.33. The monoisotopic (exact) mass is 477 g/mol. The van der Waals surface area contributed by atoms with E-state index in [1.807, 2.05) is 54.1 Å². The SMILES string of the molecule is CNC(=O)c1cc(Oc2ccc3c(c2)nc(Nc2ccc(Cl)c(-c4ccoc4)c2)n3C)ccn1.[HH].[HH]. The van der Waals surface area contributed by atoms with E-state index >= 15 is 0 Å². The van der Waals surface area contributed by atoms with Crippen molar-refractivity contribution in [3.63, 3.8) is 0 Å². The van der Waals surface area contributed by atoms with Crippen molar-refractivity contribution < 1.29 is 16.8 Å². The summed E-state index contributed by atoms with van der Waals surface area (Å²) in [6.07, 6.45) is 4.80. The number of hydrogen-bond acceptors (Lipinski definition) is 6. The van der Waals surface area contributed by atoms with Gasteiger partial charge in [0.25, 0.3) is 5.91 Å². The summed E-state index contributed by atoms with van der Waals surface area (Å²) in [6.45, 7) is 0. The Morgan fingerprint density at radius 3 is 2.76 bits per heavy atom. The Labute approximate surface area is 203 Å². The number of rotatable bonds is 6. The summed E-state index contributed by atoms with van der Waals surface area (Å²) in [4.78, 5) is 20.6. The van der Waals surface area contributed by atoms with Crippen LogP contribution in [-0.2, 0) is 7.05 Å². The van der Waals surface area contributed by atoms with Crippen LogP contribution < -0.4 is 15.4 Å². The summed E-state index contributed by atoms with van der Waals surface area (Å²) in [6, 6.07) is 16.5. The predicted molar refractivity (Wildman–Crippen MR) is 135 cm³/mol. The number of aromatic nitrogens is 3. The molecule has 0 aliphatic heterocycles. The van der Waals surface area contributed by atoms with Crippen molar-refractivity contribution in [2.75, 3.05) is 12.4 Å². The molecule has 0 saturated heterocycles. The molecule has 0 saturated carbocycles. The normalized spacial score (nSPS) is 10.9. The summed E-state index contributed by atoms with van der Waals surface area (Å²) < 4.78 is 13.1. The van der Waals surface area contributed by atoms with E-state index in [-0.39, 0.29) is 14.5 Å². The number of imidazole rings is 1. The average Bonchev–Trinajstić information content (AvgIpc) is 3.48. The number of amides is 1. The topological polar surface area (TPSA) is 94.2 Å². The number of hydrogen-bond donors (Lipinski definition) is 2. The Kier molecular flexibility index (Phi) is 5.65. The van der Waals surface area contributed by atoms with Gasteiger partial charge < -0.3 is 24.4 Å². The van der Waals surface area contributed by atoms with Gasteiger partial charge in [-0.15, -0.1) is 0 Å². The fourth-order valence-electron chi connectivity index (χ4n) is 3.59. The summed E-state index contributed by atoms with van der Waals surface area (Å²) >= 11 is 6.38. The Balaban J connectivity index is 0.00000180. The van der Waals surface area contributed by atoms with Crippen molar-refractivity contribution >= 4 is 40.2 Å². The smallest absolute Gasteiger partial charge is 0.269 e. The Hall–Kier alpha value is -4.30. The van der Waals surface area contributed by atoms with E-state index in [0.29, 0.717) is 22.5 Å². The molecule has 0 bridgehead atoms. The van der Waals surface area contributed by atoms with E-state index in [2.05, 4.69) is 15.6 Å². The first kappa shape index (κ1) is 21.5. The lowest BCUT2D eigenvalue weighted by atomic mass is 10.1. The molecule has 0 radical (unpaired) electrons. The molecule has 3 heterocycles. The molecule has 8 nitrogen and oxygen atoms in total. The molecule has 174 valence electrons. The summed E-state index contributed by atoms with van der Waals surface area (Å²) in [7, 11) is 3.49. The first-order chi connectivity index (χ1) is 16.5. The van der Waals surface area contributed by atoms with Gasteiger partial charge in [0.1, 0.15) is 17.2 Å². The lowest BCUT2D eigenvalue weighted by Crippen LogP contribution is -2.18. The van der Waals surface area contributed by atoms with Gasteiger partial charge in [-0.05, 0) is 42.5 Å². The van der Waals surface area contributed by atoms with Crippen molar-refractivity contribution in [2.45, 2.75) is 0 Å². The fourth-order valence-corrected chi connectivity index (χ4v) is 3.82. The first-order valence-electron chi connectivity index (χ1n) is 10.4. The lowest BCUT2D eigenvalue weighted by molar-refractivity contribution is 0.0958. The van der Waals surface area contributed by atoms with Gasteiger partial charge in [-0.1, -0.05) is 11.6 Å². The second kappa shape index (κ2) is 8.92. The van der Waals surface area contributed by atoms with Crippen molar-refractivity contribution in [1.29, 1.82) is 0 Å². The number of halogens is 1. The van der Waals surface area contributed by atoms with Crippen LogP contribution in [0.15, 0.2) is 77.7 Å². The zero-order valence-corrected chi connectivity index (χ0v) is 19.1. The number of carbonyl (C=O) groups is 1. The number of aryl methyl sites for hydroxylation is 1. The zero-order chi connectivity index (χ0) is 23.7. The third kappa shape index (κ3) is 4.18. The Morgan fingerprint density at radius 2 is 1.97 bits per heavy atom. The van der Waals surface area contributed by atoms with E-state index in [4.69, 9.17) is 25.7 Å². The maximum atomic E-state index is 11.8. The highest BCUT2D eigenvalue weighted by atomic mass is 35.5. The minimum absolute atomic E-state index is 0. The Bertz CT molecular complexity index is 1510. The van der Waals surface area contributed by atoms with Crippen molar-refractivity contribution in [2.24, 2.45) is 7.05 Å². The largest absolute Gasteiger partial charge is 0.472 e. The van der Waals surface area contributed by atoms with Gasteiger partial charge in [0.2, 0.25) is 5.95 Å². The van der Waals surface area contributed by atoms with Gasteiger partial charge >= 0.3 is 0 Å². The minimum Gasteiger partial charge on any atom is -0.472 e. The van der Waals surface area contributed by atoms with Crippen molar-refractivity contribution in [3.05, 3.63) is 84.0 Å². The highest BCUT2D eigenvalue weighted by Gasteiger charge is 2.12. The molecule has 0 fully saturated rings. The van der Waals surface area contributed by atoms with Crippen LogP contribution in [0.4, 0.5) is 11.6 Å². The van der Waals surface area contributed by atoms with Crippen LogP contribution in [0.5, 0.6) is 11.5 Å². The molecule has 5 aromatic rings. The van der Waals surface area contributed by atoms with Crippen LogP contribution in [0, 0.1) is 0 Å². The second-order valence-corrected chi connectivity index (χ2v) is 7.94. The number of fused-ring (bicyclic) bond motifs is 1. The number of nitrogens with zero attached hydrogens (tertiary/aromatic N) is 3. The molecule has 0 aliphatic carbocycles. The number of furan rings is 1. The number of pyridine rings is 1. The van der Waals surface area contributed by atoms with Gasteiger partial charge in [0.05, 0.1) is 23.6 Å². The molecular formula is C25H24ClN5O3. The first-order valence-corrected chi connectivity index (χ1v) is 10.8. The molecule has 3 aromatic heterocycles. The third-order valence-corrected chi connectivity index (χ3v) is 5.66. The quantitative estimate of drug-likeness (QED) is 0.299. The second-order valence-electron chi connectivity index (χ2n) is 7.53. The molecule has 0 unspecified atom stereocenters. The number of nitrogens with one attached hydrogen (secondary N) is 2. The van der Waals surface area contributed by atoms with Gasteiger partial charge in [-0.3, -0.25) is 9.78 Å². The fraction of sp³-hybridized carbons (Fsp3) is 0.0800. The van der Waals surface area contributed by atoms with E-state index in [0.717, 1.165) is 27.8 Å². The van der Waals surface area contributed by atoms with Gasteiger partial charge in [0.15, 0.2) is 0 Å². The molecule has 0 aliphatic rings. The zero-order valence-electron chi connectivity index (χ0n) is 18.4. The molecule has 1 amide bonds. The van der Waals surface area contributed by atoms with Gasteiger partial charge in [-0.25, -0.2) is 4.98 Å². The predicted octanol–water partition coefficient (Wildman–Crippen LogP) is 6.27. The summed E-state index contributed by atoms with van der Waals surface area (Å²) in [5.74, 6) is 1.49. The van der Waals surface area contributed by atoms with E-state index in [1.54, 1.807) is 31.7 Å². The van der Waals surface area contributed by atoms with Crippen LogP contribution >= 0.6 is 11.6 Å². The molecule has 2 aromatic carbocycles. The lowest BCUT2D eigenvalue weighted by Gasteiger charge is -2.09. The summed E-state index contributed by atoms with van der Waals surface area (Å²) in [5, 5.41) is 6.54. The summed E-state index contributed by atoms with van der Waals surface area (Å²) in [5.41, 5.74) is 4.57. The average molecular weight is 478 g/mol.